The Morgan fingerprint density at radius 1 is 1.33 bits per heavy atom. The van der Waals surface area contributed by atoms with Gasteiger partial charge in [-0.1, -0.05) is 0 Å². The van der Waals surface area contributed by atoms with Gasteiger partial charge >= 0.3 is 0 Å². The third kappa shape index (κ3) is 2.79. The molecule has 7 nitrogen and oxygen atoms in total. The summed E-state index contributed by atoms with van der Waals surface area (Å²) in [6, 6.07) is 1.68. The molecule has 0 aliphatic carbocycles. The van der Waals surface area contributed by atoms with E-state index in [1.807, 2.05) is 13.8 Å². The van der Waals surface area contributed by atoms with Gasteiger partial charge in [-0.25, -0.2) is 19.9 Å². The molecule has 0 aromatic carbocycles. The molecule has 0 aliphatic heterocycles. The number of thiazole rings is 1. The van der Waals surface area contributed by atoms with Gasteiger partial charge in [-0.3, -0.25) is 9.36 Å². The zero-order valence-electron chi connectivity index (χ0n) is 11.4. The summed E-state index contributed by atoms with van der Waals surface area (Å²) in [5.41, 5.74) is 0.721. The van der Waals surface area contributed by atoms with Crippen molar-refractivity contribution in [2.24, 2.45) is 0 Å². The lowest BCUT2D eigenvalue weighted by Crippen LogP contribution is -2.13. The number of carbonyl (C=O) groups excluding carboxylic acids is 1. The highest BCUT2D eigenvalue weighted by molar-refractivity contribution is 7.13. The first kappa shape index (κ1) is 13.4. The van der Waals surface area contributed by atoms with Gasteiger partial charge in [-0.15, -0.1) is 11.3 Å². The van der Waals surface area contributed by atoms with Gasteiger partial charge in [-0.2, -0.15) is 0 Å². The number of aromatic nitrogens is 5. The van der Waals surface area contributed by atoms with Gasteiger partial charge in [-0.05, 0) is 13.8 Å². The summed E-state index contributed by atoms with van der Waals surface area (Å²) < 4.78 is 1.74. The molecule has 3 heterocycles. The average Bonchev–Trinajstić information content (AvgIpc) is 3.08. The Labute approximate surface area is 124 Å². The number of rotatable bonds is 3. The molecule has 0 fully saturated rings. The van der Waals surface area contributed by atoms with Crippen molar-refractivity contribution >= 4 is 23.1 Å². The molecule has 3 aromatic rings. The second kappa shape index (κ2) is 5.41. The lowest BCUT2D eigenvalue weighted by atomic mass is 10.3. The van der Waals surface area contributed by atoms with E-state index < -0.39 is 0 Å². The van der Waals surface area contributed by atoms with E-state index in [1.54, 1.807) is 29.4 Å². The highest BCUT2D eigenvalue weighted by Gasteiger charge is 2.14. The monoisotopic (exact) mass is 300 g/mol. The highest BCUT2D eigenvalue weighted by Crippen LogP contribution is 2.18. The second-order valence-corrected chi connectivity index (χ2v) is 5.54. The predicted octanol–water partition coefficient (Wildman–Crippen LogP) is 1.99. The topological polar surface area (TPSA) is 85.6 Å². The van der Waals surface area contributed by atoms with E-state index in [0.717, 1.165) is 10.7 Å². The van der Waals surface area contributed by atoms with Gasteiger partial charge in [0.25, 0.3) is 5.91 Å². The van der Waals surface area contributed by atoms with Crippen LogP contribution in [0.3, 0.4) is 0 Å². The molecule has 3 aromatic heterocycles. The fourth-order valence-corrected chi connectivity index (χ4v) is 2.68. The summed E-state index contributed by atoms with van der Waals surface area (Å²) in [6.07, 6.45) is 6.45. The quantitative estimate of drug-likeness (QED) is 0.799. The van der Waals surface area contributed by atoms with Crippen LogP contribution < -0.4 is 5.32 Å². The molecule has 0 saturated heterocycles. The van der Waals surface area contributed by atoms with Gasteiger partial charge in [0.1, 0.15) is 29.2 Å². The lowest BCUT2D eigenvalue weighted by Gasteiger charge is -2.05. The zero-order valence-corrected chi connectivity index (χ0v) is 12.3. The van der Waals surface area contributed by atoms with E-state index in [1.165, 1.54) is 17.7 Å². The number of imidazole rings is 1. The van der Waals surface area contributed by atoms with Gasteiger partial charge in [0.05, 0.1) is 10.7 Å². The molecule has 0 spiro atoms. The summed E-state index contributed by atoms with van der Waals surface area (Å²) in [7, 11) is 0. The Bertz CT molecular complexity index is 780. The number of anilines is 1. The molecule has 0 unspecified atom stereocenters. The number of hydrogen-bond donors (Lipinski definition) is 1. The highest BCUT2D eigenvalue weighted by atomic mass is 32.1. The predicted molar refractivity (Wildman–Crippen MR) is 78.7 cm³/mol. The summed E-state index contributed by atoms with van der Waals surface area (Å²) in [4.78, 5) is 29.2. The van der Waals surface area contributed by atoms with E-state index in [-0.39, 0.29) is 5.91 Å². The Balaban J connectivity index is 1.84. The van der Waals surface area contributed by atoms with Crippen molar-refractivity contribution in [3.05, 3.63) is 46.7 Å². The normalized spacial score (nSPS) is 10.6. The van der Waals surface area contributed by atoms with Crippen LogP contribution in [-0.4, -0.2) is 30.4 Å². The minimum Gasteiger partial charge on any atom is -0.306 e. The summed E-state index contributed by atoms with van der Waals surface area (Å²) in [5.74, 6) is 0.854. The molecule has 0 aliphatic rings. The maximum absolute atomic E-state index is 12.2. The Morgan fingerprint density at radius 3 is 2.86 bits per heavy atom. The van der Waals surface area contributed by atoms with Crippen LogP contribution in [0.2, 0.25) is 0 Å². The number of aryl methyl sites for hydroxylation is 2. The number of hydrogen-bond acceptors (Lipinski definition) is 6. The molecule has 1 amide bonds. The Hall–Kier alpha value is -2.61. The van der Waals surface area contributed by atoms with E-state index in [9.17, 15) is 4.79 Å². The minimum absolute atomic E-state index is 0.214. The fourth-order valence-electron chi connectivity index (χ4n) is 1.87. The maximum atomic E-state index is 12.2. The molecule has 106 valence electrons. The van der Waals surface area contributed by atoms with E-state index in [0.29, 0.717) is 16.5 Å². The van der Waals surface area contributed by atoms with Crippen LogP contribution in [0.5, 0.6) is 0 Å². The molecule has 3 rings (SSSR count). The summed E-state index contributed by atoms with van der Waals surface area (Å²) in [5, 5.41) is 3.62. The van der Waals surface area contributed by atoms with Gasteiger partial charge in [0, 0.05) is 18.5 Å². The number of nitrogens with one attached hydrogen (secondary N) is 1. The van der Waals surface area contributed by atoms with Crippen molar-refractivity contribution in [1.29, 1.82) is 0 Å². The van der Waals surface area contributed by atoms with Crippen LogP contribution in [-0.2, 0) is 0 Å². The molecular weight excluding hydrogens is 288 g/mol. The van der Waals surface area contributed by atoms with Crippen LogP contribution in [0, 0.1) is 13.8 Å². The lowest BCUT2D eigenvalue weighted by molar-refractivity contribution is 0.102. The van der Waals surface area contributed by atoms with Crippen molar-refractivity contribution < 1.29 is 4.79 Å². The number of carbonyl (C=O) groups is 1. The smallest absolute Gasteiger partial charge is 0.268 e. The number of nitrogens with zero attached hydrogens (tertiary/aromatic N) is 5. The molecule has 1 N–H and O–H groups in total. The van der Waals surface area contributed by atoms with E-state index in [4.69, 9.17) is 0 Å². The van der Waals surface area contributed by atoms with Crippen molar-refractivity contribution in [2.75, 3.05) is 5.32 Å². The maximum Gasteiger partial charge on any atom is 0.268 e. The Kier molecular flexibility index (Phi) is 3.44. The van der Waals surface area contributed by atoms with Crippen molar-refractivity contribution in [3.8, 4) is 5.82 Å². The van der Waals surface area contributed by atoms with Gasteiger partial charge in [0.15, 0.2) is 0 Å². The van der Waals surface area contributed by atoms with Gasteiger partial charge in [0.2, 0.25) is 0 Å². The molecule has 8 heteroatoms. The van der Waals surface area contributed by atoms with Gasteiger partial charge < -0.3 is 5.32 Å². The standard InChI is InChI=1S/C13H12N6OS/c1-8-12(21-9(2)17-8)13(20)18-10-5-11(16-6-15-10)19-4-3-14-7-19/h3-7H,1-2H3,(H,15,16,18,20). The van der Waals surface area contributed by atoms with Crippen LogP contribution in [0.25, 0.3) is 5.82 Å². The Morgan fingerprint density at radius 2 is 2.19 bits per heavy atom. The molecule has 0 atom stereocenters. The van der Waals surface area contributed by atoms with Crippen molar-refractivity contribution in [3.63, 3.8) is 0 Å². The first-order valence-corrected chi connectivity index (χ1v) is 7.01. The van der Waals surface area contributed by atoms with E-state index in [2.05, 4.69) is 25.3 Å². The second-order valence-electron chi connectivity index (χ2n) is 4.33. The largest absolute Gasteiger partial charge is 0.306 e. The van der Waals surface area contributed by atoms with Crippen LogP contribution in [0.15, 0.2) is 31.1 Å². The summed E-state index contributed by atoms with van der Waals surface area (Å²) >= 11 is 1.36. The molecule has 21 heavy (non-hydrogen) atoms. The molecular formula is C13H12N6OS. The first-order chi connectivity index (χ1) is 10.1. The average molecular weight is 300 g/mol. The van der Waals surface area contributed by atoms with E-state index >= 15 is 0 Å². The third-order valence-corrected chi connectivity index (χ3v) is 3.84. The van der Waals surface area contributed by atoms with Crippen molar-refractivity contribution in [2.45, 2.75) is 13.8 Å². The fraction of sp³-hybridized carbons (Fsp3) is 0.154. The van der Waals surface area contributed by atoms with Crippen molar-refractivity contribution in [1.82, 2.24) is 24.5 Å². The van der Waals surface area contributed by atoms with Crippen LogP contribution in [0.4, 0.5) is 5.82 Å². The minimum atomic E-state index is -0.214. The van der Waals surface area contributed by atoms with Crippen LogP contribution >= 0.6 is 11.3 Å². The molecule has 0 bridgehead atoms. The SMILES string of the molecule is Cc1nc(C)c(C(=O)Nc2cc(-n3ccnc3)ncn2)s1. The molecule has 0 saturated carbocycles. The van der Waals surface area contributed by atoms with Crippen LogP contribution in [0.1, 0.15) is 20.4 Å². The molecule has 0 radical (unpaired) electrons. The first-order valence-electron chi connectivity index (χ1n) is 6.19. The summed E-state index contributed by atoms with van der Waals surface area (Å²) in [6.45, 7) is 3.69. The third-order valence-electron chi connectivity index (χ3n) is 2.77. The zero-order chi connectivity index (χ0) is 14.8. The number of amides is 1.